The maximum atomic E-state index is 4.82. The van der Waals surface area contributed by atoms with Crippen molar-refractivity contribution in [2.24, 2.45) is 0 Å². The first-order chi connectivity index (χ1) is 11.9. The van der Waals surface area contributed by atoms with E-state index in [0.717, 1.165) is 34.0 Å². The lowest BCUT2D eigenvalue weighted by atomic mass is 10.0. The minimum atomic E-state index is 0.803. The first-order valence-electron chi connectivity index (χ1n) is 7.67. The zero-order chi connectivity index (χ0) is 16.2. The SMILES string of the molecule is c1ccc(-c2ccc(-c3ccccn3)c(-c3ccccn3)n2)nc1. The van der Waals surface area contributed by atoms with Crippen molar-refractivity contribution in [3.05, 3.63) is 85.3 Å². The summed E-state index contributed by atoms with van der Waals surface area (Å²) in [4.78, 5) is 18.1. The van der Waals surface area contributed by atoms with Crippen LogP contribution in [0.2, 0.25) is 0 Å². The van der Waals surface area contributed by atoms with Crippen LogP contribution < -0.4 is 0 Å². The average Bonchev–Trinajstić information content (AvgIpc) is 2.69. The van der Waals surface area contributed by atoms with E-state index in [1.165, 1.54) is 0 Å². The second-order valence-electron chi connectivity index (χ2n) is 5.24. The standard InChI is InChI=1S/C20H14N4/c1-4-12-21-16(7-1)15-10-11-18(17-8-2-5-13-22-17)24-20(15)19-9-3-6-14-23-19/h1-14H. The van der Waals surface area contributed by atoms with Crippen LogP contribution in [-0.4, -0.2) is 19.9 Å². The van der Waals surface area contributed by atoms with Crippen molar-refractivity contribution in [3.8, 4) is 34.0 Å². The molecule has 0 aromatic carbocycles. The van der Waals surface area contributed by atoms with Gasteiger partial charge in [0.05, 0.1) is 28.5 Å². The number of pyridine rings is 4. The van der Waals surface area contributed by atoms with E-state index in [0.29, 0.717) is 0 Å². The summed E-state index contributed by atoms with van der Waals surface area (Å²) in [5.74, 6) is 0. The number of hydrogen-bond donors (Lipinski definition) is 0. The summed E-state index contributed by atoms with van der Waals surface area (Å²) in [5, 5.41) is 0. The van der Waals surface area contributed by atoms with E-state index in [2.05, 4.69) is 15.0 Å². The monoisotopic (exact) mass is 310 g/mol. The largest absolute Gasteiger partial charge is 0.256 e. The van der Waals surface area contributed by atoms with Gasteiger partial charge < -0.3 is 0 Å². The molecule has 0 atom stereocenters. The van der Waals surface area contributed by atoms with E-state index in [9.17, 15) is 0 Å². The smallest absolute Gasteiger partial charge is 0.0988 e. The van der Waals surface area contributed by atoms with Crippen molar-refractivity contribution >= 4 is 0 Å². The normalized spacial score (nSPS) is 10.5. The zero-order valence-corrected chi connectivity index (χ0v) is 12.9. The van der Waals surface area contributed by atoms with Crippen LogP contribution in [0, 0.1) is 0 Å². The Morgan fingerprint density at radius 2 is 1.04 bits per heavy atom. The molecule has 0 spiro atoms. The maximum absolute atomic E-state index is 4.82. The molecule has 4 aromatic rings. The van der Waals surface area contributed by atoms with E-state index < -0.39 is 0 Å². The van der Waals surface area contributed by atoms with Crippen LogP contribution >= 0.6 is 0 Å². The van der Waals surface area contributed by atoms with Gasteiger partial charge in [0.1, 0.15) is 0 Å². The average molecular weight is 310 g/mol. The minimum Gasteiger partial charge on any atom is -0.256 e. The van der Waals surface area contributed by atoms with Gasteiger partial charge in [-0.25, -0.2) is 4.98 Å². The van der Waals surface area contributed by atoms with Crippen LogP contribution in [0.25, 0.3) is 34.0 Å². The molecule has 4 heteroatoms. The van der Waals surface area contributed by atoms with Crippen molar-refractivity contribution in [2.75, 3.05) is 0 Å². The Morgan fingerprint density at radius 3 is 1.62 bits per heavy atom. The van der Waals surface area contributed by atoms with Gasteiger partial charge in [0.2, 0.25) is 0 Å². The minimum absolute atomic E-state index is 0.803. The molecule has 114 valence electrons. The van der Waals surface area contributed by atoms with E-state index in [4.69, 9.17) is 4.98 Å². The molecule has 0 saturated carbocycles. The molecule has 0 bridgehead atoms. The fraction of sp³-hybridized carbons (Fsp3) is 0. The van der Waals surface area contributed by atoms with Crippen molar-refractivity contribution in [2.45, 2.75) is 0 Å². The summed E-state index contributed by atoms with van der Waals surface area (Å²) in [5.41, 5.74) is 5.10. The zero-order valence-electron chi connectivity index (χ0n) is 12.9. The fourth-order valence-corrected chi connectivity index (χ4v) is 2.54. The summed E-state index contributed by atoms with van der Waals surface area (Å²) in [6.07, 6.45) is 5.32. The Balaban J connectivity index is 1.92. The molecule has 0 saturated heterocycles. The van der Waals surface area contributed by atoms with Crippen LogP contribution in [0.5, 0.6) is 0 Å². The highest BCUT2D eigenvalue weighted by Gasteiger charge is 2.13. The van der Waals surface area contributed by atoms with E-state index in [1.807, 2.05) is 66.7 Å². The predicted molar refractivity (Wildman–Crippen MR) is 93.9 cm³/mol. The van der Waals surface area contributed by atoms with Crippen LogP contribution in [0.3, 0.4) is 0 Å². The molecule has 0 unspecified atom stereocenters. The lowest BCUT2D eigenvalue weighted by molar-refractivity contribution is 1.21. The van der Waals surface area contributed by atoms with Crippen molar-refractivity contribution in [1.82, 2.24) is 19.9 Å². The molecule has 0 aliphatic carbocycles. The summed E-state index contributed by atoms with van der Waals surface area (Å²) >= 11 is 0. The van der Waals surface area contributed by atoms with Gasteiger partial charge in [-0.3, -0.25) is 15.0 Å². The Hall–Kier alpha value is -3.40. The molecule has 4 heterocycles. The highest BCUT2D eigenvalue weighted by Crippen LogP contribution is 2.30. The van der Waals surface area contributed by atoms with Gasteiger partial charge >= 0.3 is 0 Å². The van der Waals surface area contributed by atoms with Crippen molar-refractivity contribution < 1.29 is 0 Å². The van der Waals surface area contributed by atoms with Crippen molar-refractivity contribution in [3.63, 3.8) is 0 Å². The molecule has 0 N–H and O–H groups in total. The third kappa shape index (κ3) is 2.77. The lowest BCUT2D eigenvalue weighted by Crippen LogP contribution is -1.96. The van der Waals surface area contributed by atoms with Gasteiger partial charge in [0.25, 0.3) is 0 Å². The van der Waals surface area contributed by atoms with Crippen LogP contribution in [0.1, 0.15) is 0 Å². The van der Waals surface area contributed by atoms with E-state index in [1.54, 1.807) is 18.6 Å². The summed E-state index contributed by atoms with van der Waals surface area (Å²) in [6.45, 7) is 0. The first-order valence-corrected chi connectivity index (χ1v) is 7.67. The second-order valence-corrected chi connectivity index (χ2v) is 5.24. The predicted octanol–water partition coefficient (Wildman–Crippen LogP) is 4.27. The Morgan fingerprint density at radius 1 is 0.458 bits per heavy atom. The second kappa shape index (κ2) is 6.38. The lowest BCUT2D eigenvalue weighted by Gasteiger charge is -2.10. The quantitative estimate of drug-likeness (QED) is 0.567. The number of aromatic nitrogens is 4. The van der Waals surface area contributed by atoms with Gasteiger partial charge in [-0.05, 0) is 48.5 Å². The molecule has 0 amide bonds. The molecule has 4 rings (SSSR count). The Kier molecular flexibility index (Phi) is 3.78. The molecule has 4 nitrogen and oxygen atoms in total. The summed E-state index contributed by atoms with van der Waals surface area (Å²) in [7, 11) is 0. The molecule has 0 fully saturated rings. The van der Waals surface area contributed by atoms with Gasteiger partial charge in [0.15, 0.2) is 0 Å². The number of hydrogen-bond acceptors (Lipinski definition) is 4. The van der Waals surface area contributed by atoms with Crippen molar-refractivity contribution in [1.29, 1.82) is 0 Å². The van der Waals surface area contributed by atoms with Gasteiger partial charge in [-0.15, -0.1) is 0 Å². The van der Waals surface area contributed by atoms with E-state index >= 15 is 0 Å². The van der Waals surface area contributed by atoms with E-state index in [-0.39, 0.29) is 0 Å². The fourth-order valence-electron chi connectivity index (χ4n) is 2.54. The molecular formula is C20H14N4. The third-order valence-corrected chi connectivity index (χ3v) is 3.67. The Labute approximate surface area is 139 Å². The molecule has 0 aliphatic rings. The maximum Gasteiger partial charge on any atom is 0.0988 e. The van der Waals surface area contributed by atoms with Gasteiger partial charge in [-0.1, -0.05) is 18.2 Å². The molecular weight excluding hydrogens is 296 g/mol. The molecule has 0 radical (unpaired) electrons. The van der Waals surface area contributed by atoms with Crippen LogP contribution in [-0.2, 0) is 0 Å². The summed E-state index contributed by atoms with van der Waals surface area (Å²) < 4.78 is 0. The Bertz CT molecular complexity index is 939. The summed E-state index contributed by atoms with van der Waals surface area (Å²) in [6, 6.07) is 21.5. The van der Waals surface area contributed by atoms with Crippen LogP contribution in [0.15, 0.2) is 85.3 Å². The van der Waals surface area contributed by atoms with Crippen LogP contribution in [0.4, 0.5) is 0 Å². The number of rotatable bonds is 3. The van der Waals surface area contributed by atoms with Gasteiger partial charge in [0, 0.05) is 24.2 Å². The van der Waals surface area contributed by atoms with Gasteiger partial charge in [-0.2, -0.15) is 0 Å². The highest BCUT2D eigenvalue weighted by molar-refractivity contribution is 5.79. The molecule has 4 aromatic heterocycles. The molecule has 0 aliphatic heterocycles. The third-order valence-electron chi connectivity index (χ3n) is 3.67. The first kappa shape index (κ1) is 14.2. The topological polar surface area (TPSA) is 51.6 Å². The highest BCUT2D eigenvalue weighted by atomic mass is 14.8. The molecule has 24 heavy (non-hydrogen) atoms. The number of nitrogens with zero attached hydrogens (tertiary/aromatic N) is 4.